The molecule has 1 amide bonds. The summed E-state index contributed by atoms with van der Waals surface area (Å²) in [4.78, 5) is 22.9. The molecule has 2 heterocycles. The van der Waals surface area contributed by atoms with Crippen molar-refractivity contribution in [2.45, 2.75) is 50.5 Å². The number of thioether (sulfide) groups is 1. The van der Waals surface area contributed by atoms with Gasteiger partial charge in [0, 0.05) is 37.9 Å². The second-order valence-electron chi connectivity index (χ2n) is 8.01. The van der Waals surface area contributed by atoms with Crippen LogP contribution in [0.4, 0.5) is 20.7 Å². The van der Waals surface area contributed by atoms with Crippen LogP contribution in [0.25, 0.3) is 0 Å². The third kappa shape index (κ3) is 5.02. The van der Waals surface area contributed by atoms with Crippen molar-refractivity contribution in [3.8, 4) is 0 Å². The summed E-state index contributed by atoms with van der Waals surface area (Å²) in [6.45, 7) is 6.26. The average molecular weight is 434 g/mol. The lowest BCUT2D eigenvalue weighted by molar-refractivity contribution is 0.0574. The summed E-state index contributed by atoms with van der Waals surface area (Å²) in [6.07, 6.45) is 3.82. The first-order valence-electron chi connectivity index (χ1n) is 9.83. The SMILES string of the molecule is CNc1nc(SC)ncc1CNC1CCN(C(=O)OC(C)(C)C)c2c(F)cccc21. The number of nitrogens with one attached hydrogen (secondary N) is 2. The van der Waals surface area contributed by atoms with Crippen molar-refractivity contribution in [1.29, 1.82) is 0 Å². The first-order chi connectivity index (χ1) is 14.2. The number of amides is 1. The Morgan fingerprint density at radius 2 is 2.17 bits per heavy atom. The van der Waals surface area contributed by atoms with Crippen LogP contribution < -0.4 is 15.5 Å². The van der Waals surface area contributed by atoms with E-state index in [1.807, 2.05) is 19.4 Å². The zero-order chi connectivity index (χ0) is 21.9. The number of carbonyl (C=O) groups excluding carboxylic acids is 1. The summed E-state index contributed by atoms with van der Waals surface area (Å²) in [5.41, 5.74) is 1.28. The van der Waals surface area contributed by atoms with Gasteiger partial charge < -0.3 is 15.4 Å². The maximum atomic E-state index is 14.7. The molecular formula is C21H28FN5O2S. The van der Waals surface area contributed by atoms with E-state index in [2.05, 4.69) is 20.6 Å². The van der Waals surface area contributed by atoms with E-state index in [0.717, 1.165) is 16.9 Å². The smallest absolute Gasteiger partial charge is 0.414 e. The molecule has 1 atom stereocenters. The largest absolute Gasteiger partial charge is 0.443 e. The molecule has 162 valence electrons. The van der Waals surface area contributed by atoms with E-state index >= 15 is 0 Å². The Morgan fingerprint density at radius 3 is 2.83 bits per heavy atom. The highest BCUT2D eigenvalue weighted by Gasteiger charge is 2.33. The van der Waals surface area contributed by atoms with Gasteiger partial charge in [0.25, 0.3) is 0 Å². The molecule has 1 aliphatic heterocycles. The molecule has 9 heteroatoms. The number of carbonyl (C=O) groups is 1. The van der Waals surface area contributed by atoms with Gasteiger partial charge in [-0.3, -0.25) is 4.90 Å². The Morgan fingerprint density at radius 1 is 1.40 bits per heavy atom. The molecule has 1 aromatic heterocycles. The number of rotatable bonds is 5. The van der Waals surface area contributed by atoms with E-state index in [-0.39, 0.29) is 11.7 Å². The van der Waals surface area contributed by atoms with E-state index in [1.165, 1.54) is 22.7 Å². The van der Waals surface area contributed by atoms with E-state index in [9.17, 15) is 9.18 Å². The van der Waals surface area contributed by atoms with Crippen molar-refractivity contribution in [2.75, 3.05) is 30.1 Å². The number of aromatic nitrogens is 2. The monoisotopic (exact) mass is 433 g/mol. The van der Waals surface area contributed by atoms with Crippen LogP contribution in [0, 0.1) is 5.82 Å². The summed E-state index contributed by atoms with van der Waals surface area (Å²) in [7, 11) is 1.82. The van der Waals surface area contributed by atoms with Gasteiger partial charge in [-0.15, -0.1) is 0 Å². The molecular weight excluding hydrogens is 405 g/mol. The lowest BCUT2D eigenvalue weighted by atomic mass is 9.96. The van der Waals surface area contributed by atoms with E-state index < -0.39 is 17.5 Å². The second kappa shape index (κ2) is 9.18. The molecule has 2 aromatic rings. The topological polar surface area (TPSA) is 79.4 Å². The number of ether oxygens (including phenoxy) is 1. The molecule has 0 saturated carbocycles. The first-order valence-corrected chi connectivity index (χ1v) is 11.1. The van der Waals surface area contributed by atoms with Crippen LogP contribution in [-0.2, 0) is 11.3 Å². The quantitative estimate of drug-likeness (QED) is 0.536. The van der Waals surface area contributed by atoms with Gasteiger partial charge >= 0.3 is 6.09 Å². The van der Waals surface area contributed by atoms with Gasteiger partial charge in [0.15, 0.2) is 5.16 Å². The number of halogens is 1. The summed E-state index contributed by atoms with van der Waals surface area (Å²) in [5, 5.41) is 7.26. The van der Waals surface area contributed by atoms with Crippen molar-refractivity contribution in [3.05, 3.63) is 41.3 Å². The minimum absolute atomic E-state index is 0.112. The number of anilines is 2. The predicted molar refractivity (Wildman–Crippen MR) is 118 cm³/mol. The summed E-state index contributed by atoms with van der Waals surface area (Å²) in [5.74, 6) is 0.320. The fourth-order valence-corrected chi connectivity index (χ4v) is 3.74. The third-order valence-corrected chi connectivity index (χ3v) is 5.28. The fourth-order valence-electron chi connectivity index (χ4n) is 3.40. The number of hydrogen-bond acceptors (Lipinski definition) is 7. The van der Waals surface area contributed by atoms with Crippen molar-refractivity contribution in [3.63, 3.8) is 0 Å². The number of nitrogens with zero attached hydrogens (tertiary/aromatic N) is 3. The number of benzene rings is 1. The van der Waals surface area contributed by atoms with Crippen molar-refractivity contribution < 1.29 is 13.9 Å². The second-order valence-corrected chi connectivity index (χ2v) is 8.79. The van der Waals surface area contributed by atoms with Crippen molar-refractivity contribution in [2.24, 2.45) is 0 Å². The summed E-state index contributed by atoms with van der Waals surface area (Å²) in [6, 6.07) is 4.77. The van der Waals surface area contributed by atoms with Gasteiger partial charge in [-0.2, -0.15) is 0 Å². The fraction of sp³-hybridized carbons (Fsp3) is 0.476. The zero-order valence-corrected chi connectivity index (χ0v) is 18.8. The lowest BCUT2D eigenvalue weighted by Crippen LogP contribution is -2.43. The molecule has 7 nitrogen and oxygen atoms in total. The number of para-hydroxylation sites is 1. The third-order valence-electron chi connectivity index (χ3n) is 4.72. The minimum Gasteiger partial charge on any atom is -0.443 e. The maximum Gasteiger partial charge on any atom is 0.414 e. The Kier molecular flexibility index (Phi) is 6.82. The van der Waals surface area contributed by atoms with Gasteiger partial charge in [-0.1, -0.05) is 23.9 Å². The number of hydrogen-bond donors (Lipinski definition) is 2. The molecule has 1 unspecified atom stereocenters. The normalized spacial score (nSPS) is 16.2. The van der Waals surface area contributed by atoms with Crippen LogP contribution in [0.3, 0.4) is 0 Å². The molecule has 0 bridgehead atoms. The van der Waals surface area contributed by atoms with Gasteiger partial charge in [0.05, 0.1) is 5.69 Å². The Balaban J connectivity index is 1.82. The van der Waals surface area contributed by atoms with Crippen molar-refractivity contribution in [1.82, 2.24) is 15.3 Å². The molecule has 2 N–H and O–H groups in total. The molecule has 0 fully saturated rings. The summed E-state index contributed by atoms with van der Waals surface area (Å²) >= 11 is 1.48. The van der Waals surface area contributed by atoms with Gasteiger partial charge in [-0.25, -0.2) is 19.2 Å². The molecule has 0 spiro atoms. The maximum absolute atomic E-state index is 14.7. The van der Waals surface area contributed by atoms with Gasteiger partial charge in [0.1, 0.15) is 17.2 Å². The molecule has 0 aliphatic carbocycles. The average Bonchev–Trinajstić information content (AvgIpc) is 2.70. The van der Waals surface area contributed by atoms with Crippen molar-refractivity contribution >= 4 is 29.4 Å². The highest BCUT2D eigenvalue weighted by Crippen LogP contribution is 2.37. The van der Waals surface area contributed by atoms with Gasteiger partial charge in [0.2, 0.25) is 0 Å². The first kappa shape index (κ1) is 22.3. The molecule has 1 aliphatic rings. The number of fused-ring (bicyclic) bond motifs is 1. The van der Waals surface area contributed by atoms with Crippen LogP contribution in [-0.4, -0.2) is 41.5 Å². The van der Waals surface area contributed by atoms with Crippen LogP contribution in [0.1, 0.15) is 44.4 Å². The lowest BCUT2D eigenvalue weighted by Gasteiger charge is -2.36. The van der Waals surface area contributed by atoms with E-state index in [4.69, 9.17) is 4.74 Å². The van der Waals surface area contributed by atoms with Crippen LogP contribution in [0.15, 0.2) is 29.6 Å². The highest BCUT2D eigenvalue weighted by molar-refractivity contribution is 7.98. The zero-order valence-electron chi connectivity index (χ0n) is 18.0. The highest BCUT2D eigenvalue weighted by atomic mass is 32.2. The molecule has 1 aromatic carbocycles. The Labute approximate surface area is 180 Å². The Hall–Kier alpha value is -2.39. The molecule has 30 heavy (non-hydrogen) atoms. The van der Waals surface area contributed by atoms with Crippen LogP contribution >= 0.6 is 11.8 Å². The molecule has 0 saturated heterocycles. The standard InChI is InChI=1S/C21H28FN5O2S/c1-21(2,3)29-20(28)27-10-9-16(14-7-6-8-15(22)17(14)27)24-11-13-12-25-19(30-5)26-18(13)23-4/h6-8,12,16,24H,9-11H2,1-5H3,(H,23,25,26). The van der Waals surface area contributed by atoms with E-state index in [0.29, 0.717) is 24.7 Å². The van der Waals surface area contributed by atoms with E-state index in [1.54, 1.807) is 33.0 Å². The molecule has 0 radical (unpaired) electrons. The van der Waals surface area contributed by atoms with Crippen LogP contribution in [0.2, 0.25) is 0 Å². The van der Waals surface area contributed by atoms with Gasteiger partial charge in [-0.05, 0) is 45.1 Å². The predicted octanol–water partition coefficient (Wildman–Crippen LogP) is 4.36. The summed E-state index contributed by atoms with van der Waals surface area (Å²) < 4.78 is 20.2. The Bertz CT molecular complexity index is 919. The minimum atomic E-state index is -0.649. The molecule has 3 rings (SSSR count). The van der Waals surface area contributed by atoms with Crippen LogP contribution in [0.5, 0.6) is 0 Å².